The van der Waals surface area contributed by atoms with Crippen molar-refractivity contribution in [2.24, 2.45) is 4.99 Å². The first kappa shape index (κ1) is 21.1. The van der Waals surface area contributed by atoms with Crippen molar-refractivity contribution in [3.05, 3.63) is 24.5 Å². The molecule has 136 valence electrons. The highest BCUT2D eigenvalue weighted by atomic mass is 127. The monoisotopic (exact) mass is 467 g/mol. The van der Waals surface area contributed by atoms with Crippen molar-refractivity contribution < 1.29 is 8.42 Å². The lowest BCUT2D eigenvalue weighted by atomic mass is 10.2. The molecular formula is C15H26IN5O2S. The number of halogens is 1. The fraction of sp³-hybridized carbons (Fsp3) is 0.600. The Bertz CT molecular complexity index is 604. The minimum atomic E-state index is -3.52. The minimum absolute atomic E-state index is 0. The number of hydrogen-bond donors (Lipinski definition) is 3. The summed E-state index contributed by atoms with van der Waals surface area (Å²) in [5.74, 6) is 0.750. The molecule has 1 aromatic heterocycles. The van der Waals surface area contributed by atoms with E-state index in [2.05, 4.69) is 25.3 Å². The molecule has 9 heteroatoms. The molecule has 0 aromatic carbocycles. The molecule has 24 heavy (non-hydrogen) atoms. The van der Waals surface area contributed by atoms with E-state index in [4.69, 9.17) is 0 Å². The lowest BCUT2D eigenvalue weighted by molar-refractivity contribution is 0.581. The van der Waals surface area contributed by atoms with E-state index in [9.17, 15) is 8.42 Å². The highest BCUT2D eigenvalue weighted by Gasteiger charge is 2.16. The Morgan fingerprint density at radius 1 is 1.38 bits per heavy atom. The van der Waals surface area contributed by atoms with E-state index in [1.807, 2.05) is 6.92 Å². The van der Waals surface area contributed by atoms with Crippen molar-refractivity contribution in [2.45, 2.75) is 43.5 Å². The van der Waals surface area contributed by atoms with Crippen LogP contribution in [0, 0.1) is 0 Å². The summed E-state index contributed by atoms with van der Waals surface area (Å²) in [6.07, 6.45) is 7.71. The maximum Gasteiger partial charge on any atom is 0.242 e. The van der Waals surface area contributed by atoms with Gasteiger partial charge in [0.05, 0.1) is 6.54 Å². The molecule has 1 aromatic rings. The zero-order valence-electron chi connectivity index (χ0n) is 13.9. The fourth-order valence-electron chi connectivity index (χ4n) is 2.52. The molecule has 3 N–H and O–H groups in total. The zero-order chi connectivity index (χ0) is 16.5. The normalized spacial score (nSPS) is 15.8. The Kier molecular flexibility index (Phi) is 9.52. The number of nitrogens with zero attached hydrogens (tertiary/aromatic N) is 2. The van der Waals surface area contributed by atoms with Gasteiger partial charge >= 0.3 is 0 Å². The van der Waals surface area contributed by atoms with E-state index >= 15 is 0 Å². The second-order valence-electron chi connectivity index (χ2n) is 5.47. The molecule has 0 spiro atoms. The van der Waals surface area contributed by atoms with Crippen molar-refractivity contribution in [3.8, 4) is 0 Å². The quantitative estimate of drug-likeness (QED) is 0.244. The standard InChI is InChI=1S/C15H25N5O2S.HI/c1-2-17-15(20-13-6-3-4-7-13)18-10-11-19-23(21,22)14-8-5-9-16-12-14;/h5,8-9,12-13,19H,2-4,6-7,10-11H2,1H3,(H2,17,18,20);1H. The molecule has 2 rings (SSSR count). The molecule has 7 nitrogen and oxygen atoms in total. The summed E-state index contributed by atoms with van der Waals surface area (Å²) in [6, 6.07) is 3.59. The average Bonchev–Trinajstić information content (AvgIpc) is 3.05. The van der Waals surface area contributed by atoms with Crippen LogP contribution in [-0.2, 0) is 10.0 Å². The van der Waals surface area contributed by atoms with Crippen molar-refractivity contribution in [1.82, 2.24) is 20.3 Å². The Balaban J connectivity index is 0.00000288. The van der Waals surface area contributed by atoms with Gasteiger partial charge in [-0.15, -0.1) is 24.0 Å². The third-order valence-corrected chi connectivity index (χ3v) is 5.10. The smallest absolute Gasteiger partial charge is 0.242 e. The number of sulfonamides is 1. The van der Waals surface area contributed by atoms with Gasteiger partial charge in [0.25, 0.3) is 0 Å². The van der Waals surface area contributed by atoms with Crippen LogP contribution in [0.4, 0.5) is 0 Å². The number of rotatable bonds is 7. The third-order valence-electron chi connectivity index (χ3n) is 3.66. The third kappa shape index (κ3) is 6.89. The first-order chi connectivity index (χ1) is 11.1. The van der Waals surface area contributed by atoms with E-state index < -0.39 is 10.0 Å². The van der Waals surface area contributed by atoms with Crippen molar-refractivity contribution in [1.29, 1.82) is 0 Å². The van der Waals surface area contributed by atoms with Gasteiger partial charge in [-0.2, -0.15) is 0 Å². The number of nitrogens with one attached hydrogen (secondary N) is 3. The van der Waals surface area contributed by atoms with Gasteiger partial charge in [-0.1, -0.05) is 12.8 Å². The van der Waals surface area contributed by atoms with Gasteiger partial charge in [-0.05, 0) is 31.9 Å². The highest BCUT2D eigenvalue weighted by Crippen LogP contribution is 2.17. The highest BCUT2D eigenvalue weighted by molar-refractivity contribution is 14.0. The molecular weight excluding hydrogens is 441 g/mol. The predicted octanol–water partition coefficient (Wildman–Crippen LogP) is 1.48. The molecule has 1 aliphatic rings. The molecule has 0 amide bonds. The van der Waals surface area contributed by atoms with E-state index in [0.29, 0.717) is 12.6 Å². The number of aromatic nitrogens is 1. The second kappa shape index (κ2) is 10.8. The molecule has 0 bridgehead atoms. The largest absolute Gasteiger partial charge is 0.357 e. The van der Waals surface area contributed by atoms with Crippen LogP contribution < -0.4 is 15.4 Å². The van der Waals surface area contributed by atoms with Gasteiger partial charge in [-0.25, -0.2) is 13.1 Å². The van der Waals surface area contributed by atoms with E-state index in [1.165, 1.54) is 25.1 Å². The fourth-order valence-corrected chi connectivity index (χ4v) is 3.50. The van der Waals surface area contributed by atoms with E-state index in [0.717, 1.165) is 25.3 Å². The van der Waals surface area contributed by atoms with Crippen LogP contribution in [0.2, 0.25) is 0 Å². The molecule has 1 heterocycles. The molecule has 1 aliphatic carbocycles. The molecule has 1 fully saturated rings. The maximum atomic E-state index is 12.1. The lowest BCUT2D eigenvalue weighted by Gasteiger charge is -2.16. The Labute approximate surface area is 161 Å². The van der Waals surface area contributed by atoms with Crippen molar-refractivity contribution in [3.63, 3.8) is 0 Å². The summed E-state index contributed by atoms with van der Waals surface area (Å²) in [7, 11) is -3.52. The molecule has 0 atom stereocenters. The van der Waals surface area contributed by atoms with Crippen LogP contribution in [-0.4, -0.2) is 45.0 Å². The molecule has 0 saturated heterocycles. The number of hydrogen-bond acceptors (Lipinski definition) is 4. The van der Waals surface area contributed by atoms with E-state index in [-0.39, 0.29) is 35.4 Å². The summed E-state index contributed by atoms with van der Waals surface area (Å²) >= 11 is 0. The SMILES string of the molecule is CCNC(=NCCNS(=O)(=O)c1cccnc1)NC1CCCC1.I. The Morgan fingerprint density at radius 2 is 2.12 bits per heavy atom. The summed E-state index contributed by atoms with van der Waals surface area (Å²) in [6.45, 7) is 3.41. The lowest BCUT2D eigenvalue weighted by Crippen LogP contribution is -2.42. The van der Waals surface area contributed by atoms with E-state index in [1.54, 1.807) is 12.3 Å². The van der Waals surface area contributed by atoms with Gasteiger partial charge in [0.2, 0.25) is 10.0 Å². The van der Waals surface area contributed by atoms with Gasteiger partial charge < -0.3 is 10.6 Å². The van der Waals surface area contributed by atoms with Crippen LogP contribution in [0.3, 0.4) is 0 Å². The summed E-state index contributed by atoms with van der Waals surface area (Å²) in [5, 5.41) is 6.59. The molecule has 1 saturated carbocycles. The van der Waals surface area contributed by atoms with Crippen molar-refractivity contribution >= 4 is 40.0 Å². The summed E-state index contributed by atoms with van der Waals surface area (Å²) < 4.78 is 26.6. The second-order valence-corrected chi connectivity index (χ2v) is 7.24. The van der Waals surface area contributed by atoms with Crippen LogP contribution in [0.1, 0.15) is 32.6 Å². The van der Waals surface area contributed by atoms with Gasteiger partial charge in [0.15, 0.2) is 5.96 Å². The average molecular weight is 467 g/mol. The topological polar surface area (TPSA) is 95.5 Å². The first-order valence-corrected chi connectivity index (χ1v) is 9.54. The van der Waals surface area contributed by atoms with Crippen LogP contribution in [0.25, 0.3) is 0 Å². The van der Waals surface area contributed by atoms with Crippen LogP contribution >= 0.6 is 24.0 Å². The number of guanidine groups is 1. The Morgan fingerprint density at radius 3 is 2.75 bits per heavy atom. The molecule has 0 unspecified atom stereocenters. The molecule has 0 radical (unpaired) electrons. The maximum absolute atomic E-state index is 12.1. The predicted molar refractivity (Wildman–Crippen MR) is 106 cm³/mol. The van der Waals surface area contributed by atoms with Crippen LogP contribution in [0.5, 0.6) is 0 Å². The van der Waals surface area contributed by atoms with Crippen LogP contribution in [0.15, 0.2) is 34.4 Å². The first-order valence-electron chi connectivity index (χ1n) is 8.06. The number of pyridine rings is 1. The summed E-state index contributed by atoms with van der Waals surface area (Å²) in [5.41, 5.74) is 0. The Hall–Kier alpha value is -0.940. The molecule has 0 aliphatic heterocycles. The van der Waals surface area contributed by atoms with Gasteiger partial charge in [-0.3, -0.25) is 9.98 Å². The van der Waals surface area contributed by atoms with Gasteiger partial charge in [0.1, 0.15) is 4.90 Å². The van der Waals surface area contributed by atoms with Gasteiger partial charge in [0, 0.05) is 31.5 Å². The number of aliphatic imine (C=N–C) groups is 1. The van der Waals surface area contributed by atoms with Crippen molar-refractivity contribution in [2.75, 3.05) is 19.6 Å². The summed E-state index contributed by atoms with van der Waals surface area (Å²) in [4.78, 5) is 8.41. The minimum Gasteiger partial charge on any atom is -0.357 e. The zero-order valence-corrected chi connectivity index (χ0v) is 17.0.